The summed E-state index contributed by atoms with van der Waals surface area (Å²) in [7, 11) is 1.55. The standard InChI is InChI=1S/C29H32N2O5/c1-7-35-27(33)24-18-23(31(6)28(34)36-29(3,4)5)14-15-25(24)30-26(32)16-19(2)21-13-12-20-10-8-9-11-22(20)17-21/h8-18H,7H2,1-6H3,(H,30,32). The molecule has 0 aliphatic rings. The van der Waals surface area contributed by atoms with Gasteiger partial charge in [0.2, 0.25) is 5.91 Å². The monoisotopic (exact) mass is 488 g/mol. The van der Waals surface area contributed by atoms with Gasteiger partial charge in [-0.15, -0.1) is 0 Å². The molecule has 0 aromatic heterocycles. The molecule has 2 amide bonds. The normalized spacial score (nSPS) is 11.7. The summed E-state index contributed by atoms with van der Waals surface area (Å²) in [6.45, 7) is 9.04. The van der Waals surface area contributed by atoms with Gasteiger partial charge in [-0.3, -0.25) is 9.69 Å². The van der Waals surface area contributed by atoms with Crippen LogP contribution >= 0.6 is 0 Å². The first kappa shape index (κ1) is 26.5. The molecule has 0 radical (unpaired) electrons. The maximum atomic E-state index is 12.9. The van der Waals surface area contributed by atoms with Crippen LogP contribution in [-0.2, 0) is 14.3 Å². The van der Waals surface area contributed by atoms with Gasteiger partial charge in [0, 0.05) is 18.8 Å². The van der Waals surface area contributed by atoms with Crippen LogP contribution in [0, 0.1) is 0 Å². The lowest BCUT2D eigenvalue weighted by Crippen LogP contribution is -2.34. The van der Waals surface area contributed by atoms with Crippen molar-refractivity contribution in [1.29, 1.82) is 0 Å². The minimum Gasteiger partial charge on any atom is -0.462 e. The third kappa shape index (κ3) is 6.72. The van der Waals surface area contributed by atoms with Crippen molar-refractivity contribution in [2.24, 2.45) is 0 Å². The van der Waals surface area contributed by atoms with Crippen LogP contribution < -0.4 is 10.2 Å². The largest absolute Gasteiger partial charge is 0.462 e. The smallest absolute Gasteiger partial charge is 0.414 e. The number of nitrogens with one attached hydrogen (secondary N) is 1. The molecule has 0 atom stereocenters. The Balaban J connectivity index is 1.86. The number of hydrogen-bond donors (Lipinski definition) is 1. The zero-order chi connectivity index (χ0) is 26.5. The Bertz CT molecular complexity index is 1320. The lowest BCUT2D eigenvalue weighted by atomic mass is 10.0. The molecule has 7 nitrogen and oxygen atoms in total. The highest BCUT2D eigenvalue weighted by Gasteiger charge is 2.23. The van der Waals surface area contributed by atoms with E-state index < -0.39 is 17.7 Å². The van der Waals surface area contributed by atoms with E-state index in [4.69, 9.17) is 9.47 Å². The van der Waals surface area contributed by atoms with Crippen molar-refractivity contribution in [2.45, 2.75) is 40.2 Å². The van der Waals surface area contributed by atoms with Gasteiger partial charge in [-0.25, -0.2) is 9.59 Å². The molecule has 0 saturated heterocycles. The van der Waals surface area contributed by atoms with E-state index in [-0.39, 0.29) is 23.8 Å². The molecule has 0 bridgehead atoms. The molecule has 1 N–H and O–H groups in total. The molecule has 0 spiro atoms. The predicted octanol–water partition coefficient (Wildman–Crippen LogP) is 6.43. The predicted molar refractivity (Wildman–Crippen MR) is 143 cm³/mol. The maximum Gasteiger partial charge on any atom is 0.414 e. The van der Waals surface area contributed by atoms with Gasteiger partial charge in [0.1, 0.15) is 5.60 Å². The lowest BCUT2D eigenvalue weighted by Gasteiger charge is -2.25. The van der Waals surface area contributed by atoms with Gasteiger partial charge in [0.25, 0.3) is 0 Å². The van der Waals surface area contributed by atoms with Crippen molar-refractivity contribution >= 4 is 45.7 Å². The second-order valence-electron chi connectivity index (χ2n) is 9.37. The van der Waals surface area contributed by atoms with Crippen LogP contribution in [0.4, 0.5) is 16.2 Å². The highest BCUT2D eigenvalue weighted by molar-refractivity contribution is 6.08. The van der Waals surface area contributed by atoms with Crippen molar-refractivity contribution in [1.82, 2.24) is 0 Å². The zero-order valence-electron chi connectivity index (χ0n) is 21.5. The number of benzene rings is 3. The van der Waals surface area contributed by atoms with Gasteiger partial charge in [-0.1, -0.05) is 36.4 Å². The van der Waals surface area contributed by atoms with E-state index in [9.17, 15) is 14.4 Å². The number of rotatable bonds is 6. The number of carbonyl (C=O) groups excluding carboxylic acids is 3. The van der Waals surface area contributed by atoms with Gasteiger partial charge in [-0.2, -0.15) is 0 Å². The van der Waals surface area contributed by atoms with E-state index in [1.165, 1.54) is 17.0 Å². The first-order chi connectivity index (χ1) is 17.0. The summed E-state index contributed by atoms with van der Waals surface area (Å²) in [6, 6.07) is 18.7. The second kappa shape index (κ2) is 11.1. The van der Waals surface area contributed by atoms with Crippen molar-refractivity contribution < 1.29 is 23.9 Å². The third-order valence-corrected chi connectivity index (χ3v) is 5.36. The fourth-order valence-corrected chi connectivity index (χ4v) is 3.55. The Kier molecular flexibility index (Phi) is 8.14. The van der Waals surface area contributed by atoms with Gasteiger partial charge < -0.3 is 14.8 Å². The molecular weight excluding hydrogens is 456 g/mol. The first-order valence-corrected chi connectivity index (χ1v) is 11.7. The van der Waals surface area contributed by atoms with E-state index in [1.807, 2.05) is 49.4 Å². The number of hydrogen-bond acceptors (Lipinski definition) is 5. The number of fused-ring (bicyclic) bond motifs is 1. The number of amides is 2. The fraction of sp³-hybridized carbons (Fsp3) is 0.276. The summed E-state index contributed by atoms with van der Waals surface area (Å²) in [6.07, 6.45) is 0.919. The molecule has 3 aromatic rings. The van der Waals surface area contributed by atoms with Crippen LogP contribution in [0.3, 0.4) is 0 Å². The number of carbonyl (C=O) groups is 3. The molecule has 0 unspecified atom stereocenters. The Labute approximate surface area is 211 Å². The number of ether oxygens (including phenoxy) is 2. The maximum absolute atomic E-state index is 12.9. The minimum atomic E-state index is -0.668. The molecule has 3 aromatic carbocycles. The van der Waals surface area contributed by atoms with Crippen LogP contribution in [0.25, 0.3) is 16.3 Å². The van der Waals surface area contributed by atoms with Crippen molar-refractivity contribution in [3.63, 3.8) is 0 Å². The highest BCUT2D eigenvalue weighted by Crippen LogP contribution is 2.26. The topological polar surface area (TPSA) is 84.9 Å². The zero-order valence-corrected chi connectivity index (χ0v) is 21.5. The quantitative estimate of drug-likeness (QED) is 0.319. The van der Waals surface area contributed by atoms with E-state index in [2.05, 4.69) is 5.32 Å². The van der Waals surface area contributed by atoms with Crippen LogP contribution in [0.5, 0.6) is 0 Å². The molecule has 7 heteroatoms. The summed E-state index contributed by atoms with van der Waals surface area (Å²) in [5, 5.41) is 4.97. The summed E-state index contributed by atoms with van der Waals surface area (Å²) in [4.78, 5) is 39.3. The van der Waals surface area contributed by atoms with E-state index in [1.54, 1.807) is 46.9 Å². The van der Waals surface area contributed by atoms with Crippen molar-refractivity contribution in [3.05, 3.63) is 77.9 Å². The first-order valence-electron chi connectivity index (χ1n) is 11.7. The van der Waals surface area contributed by atoms with Crippen LogP contribution in [0.1, 0.15) is 50.5 Å². The molecule has 0 fully saturated rings. The number of nitrogens with zero attached hydrogens (tertiary/aromatic N) is 1. The average Bonchev–Trinajstić information content (AvgIpc) is 2.82. The van der Waals surface area contributed by atoms with E-state index >= 15 is 0 Å². The number of esters is 1. The van der Waals surface area contributed by atoms with Crippen LogP contribution in [-0.4, -0.2) is 37.2 Å². The van der Waals surface area contributed by atoms with E-state index in [0.717, 1.165) is 21.9 Å². The van der Waals surface area contributed by atoms with Crippen molar-refractivity contribution in [2.75, 3.05) is 23.9 Å². The van der Waals surface area contributed by atoms with Gasteiger partial charge in [0.05, 0.1) is 17.9 Å². The average molecular weight is 489 g/mol. The molecule has 0 aliphatic carbocycles. The summed E-state index contributed by atoms with van der Waals surface area (Å²) in [5.41, 5.74) is 1.87. The second-order valence-corrected chi connectivity index (χ2v) is 9.37. The highest BCUT2D eigenvalue weighted by atomic mass is 16.6. The molecule has 188 valence electrons. The van der Waals surface area contributed by atoms with Crippen LogP contribution in [0.15, 0.2) is 66.7 Å². The van der Waals surface area contributed by atoms with Gasteiger partial charge >= 0.3 is 12.1 Å². The SMILES string of the molecule is CCOC(=O)c1cc(N(C)C(=O)OC(C)(C)C)ccc1NC(=O)C=C(C)c1ccc2ccccc2c1. The van der Waals surface area contributed by atoms with Gasteiger partial charge in [0.15, 0.2) is 0 Å². The Morgan fingerprint density at radius 2 is 1.67 bits per heavy atom. The Hall–Kier alpha value is -4.13. The van der Waals surface area contributed by atoms with Crippen molar-refractivity contribution in [3.8, 4) is 0 Å². The summed E-state index contributed by atoms with van der Waals surface area (Å²) in [5.74, 6) is -0.998. The van der Waals surface area contributed by atoms with Crippen LogP contribution in [0.2, 0.25) is 0 Å². The van der Waals surface area contributed by atoms with E-state index in [0.29, 0.717) is 5.69 Å². The van der Waals surface area contributed by atoms with Gasteiger partial charge in [-0.05, 0) is 80.8 Å². The number of allylic oxidation sites excluding steroid dienone is 1. The summed E-state index contributed by atoms with van der Waals surface area (Å²) < 4.78 is 10.6. The molecule has 3 rings (SSSR count). The Morgan fingerprint density at radius 3 is 2.33 bits per heavy atom. The minimum absolute atomic E-state index is 0.134. The lowest BCUT2D eigenvalue weighted by molar-refractivity contribution is -0.111. The third-order valence-electron chi connectivity index (χ3n) is 5.36. The molecule has 0 heterocycles. The fourth-order valence-electron chi connectivity index (χ4n) is 3.55. The Morgan fingerprint density at radius 1 is 0.972 bits per heavy atom. The summed E-state index contributed by atoms with van der Waals surface area (Å²) >= 11 is 0. The molecular formula is C29H32N2O5. The molecule has 0 aliphatic heterocycles. The number of anilines is 2. The molecule has 0 saturated carbocycles. The molecule has 36 heavy (non-hydrogen) atoms.